The summed E-state index contributed by atoms with van der Waals surface area (Å²) in [4.78, 5) is 16.5. The lowest BCUT2D eigenvalue weighted by Crippen LogP contribution is -2.50. The van der Waals surface area contributed by atoms with Crippen molar-refractivity contribution < 1.29 is 14.3 Å². The second kappa shape index (κ2) is 9.49. The Labute approximate surface area is 202 Å². The van der Waals surface area contributed by atoms with Gasteiger partial charge >= 0.3 is 6.09 Å². The monoisotopic (exact) mass is 464 g/mol. The molecule has 1 aliphatic heterocycles. The van der Waals surface area contributed by atoms with Gasteiger partial charge in [-0.1, -0.05) is 0 Å². The average molecular weight is 465 g/mol. The molecule has 2 aromatic carbocycles. The number of piperazine rings is 1. The molecule has 0 unspecified atom stereocenters. The number of aromatic nitrogens is 1. The number of hydrogen-bond acceptors (Lipinski definition) is 5. The number of ether oxygens (including phenoxy) is 2. The summed E-state index contributed by atoms with van der Waals surface area (Å²) in [6.45, 7) is 14.1. The summed E-state index contributed by atoms with van der Waals surface area (Å²) >= 11 is 0. The standard InChI is InChI=1S/C27H36N4O3/c1-6-31-23-18-20(29-14-16-30(17-15-29)26(32)34-27(3,4)5)10-13-22(23)24(28)25(31)19-8-11-21(12-9-19)33-7-2/h8-13,18H,6-7,14-17,28H2,1-5H3. The van der Waals surface area contributed by atoms with Crippen LogP contribution in [0.15, 0.2) is 42.5 Å². The number of fused-ring (bicyclic) bond motifs is 1. The molecule has 1 fully saturated rings. The Bertz CT molecular complexity index is 1150. The van der Waals surface area contributed by atoms with Crippen molar-refractivity contribution in [3.8, 4) is 17.0 Å². The summed E-state index contributed by atoms with van der Waals surface area (Å²) in [5.41, 5.74) is 11.3. The molecule has 1 aromatic heterocycles. The minimum absolute atomic E-state index is 0.241. The predicted molar refractivity (Wildman–Crippen MR) is 139 cm³/mol. The molecule has 0 aliphatic carbocycles. The Morgan fingerprint density at radius 1 is 1.00 bits per heavy atom. The van der Waals surface area contributed by atoms with E-state index >= 15 is 0 Å². The first-order valence-corrected chi connectivity index (χ1v) is 12.1. The molecule has 7 heteroatoms. The van der Waals surface area contributed by atoms with Gasteiger partial charge in [-0.15, -0.1) is 0 Å². The summed E-state index contributed by atoms with van der Waals surface area (Å²) in [5, 5.41) is 1.06. The highest BCUT2D eigenvalue weighted by molar-refractivity contribution is 6.02. The summed E-state index contributed by atoms with van der Waals surface area (Å²) < 4.78 is 13.4. The molecule has 34 heavy (non-hydrogen) atoms. The van der Waals surface area contributed by atoms with Crippen molar-refractivity contribution in [1.29, 1.82) is 0 Å². The van der Waals surface area contributed by atoms with Crippen LogP contribution in [-0.4, -0.2) is 53.9 Å². The van der Waals surface area contributed by atoms with Crippen LogP contribution in [0.1, 0.15) is 34.6 Å². The predicted octanol–water partition coefficient (Wildman–Crippen LogP) is 5.37. The quantitative estimate of drug-likeness (QED) is 0.550. The van der Waals surface area contributed by atoms with Gasteiger partial charge < -0.3 is 29.6 Å². The van der Waals surface area contributed by atoms with Gasteiger partial charge in [-0.3, -0.25) is 0 Å². The molecule has 0 saturated carbocycles. The summed E-state index contributed by atoms with van der Waals surface area (Å²) in [6.07, 6.45) is -0.241. The Hall–Kier alpha value is -3.35. The van der Waals surface area contributed by atoms with E-state index in [1.807, 2.05) is 39.8 Å². The van der Waals surface area contributed by atoms with E-state index in [0.717, 1.165) is 58.9 Å². The molecule has 0 spiro atoms. The molecule has 4 rings (SSSR count). The van der Waals surface area contributed by atoms with Gasteiger partial charge in [0.1, 0.15) is 11.4 Å². The smallest absolute Gasteiger partial charge is 0.410 e. The van der Waals surface area contributed by atoms with Crippen LogP contribution in [0.5, 0.6) is 5.75 Å². The normalized spacial score (nSPS) is 14.5. The van der Waals surface area contributed by atoms with Gasteiger partial charge in [0.05, 0.1) is 23.5 Å². The Morgan fingerprint density at radius 3 is 2.26 bits per heavy atom. The first-order chi connectivity index (χ1) is 16.2. The number of benzene rings is 2. The molecule has 1 aliphatic rings. The Morgan fingerprint density at radius 2 is 1.68 bits per heavy atom. The van der Waals surface area contributed by atoms with Crippen molar-refractivity contribution >= 4 is 28.4 Å². The zero-order valence-electron chi connectivity index (χ0n) is 20.9. The van der Waals surface area contributed by atoms with Gasteiger partial charge in [0.2, 0.25) is 0 Å². The molecule has 0 radical (unpaired) electrons. The molecular weight excluding hydrogens is 428 g/mol. The summed E-state index contributed by atoms with van der Waals surface area (Å²) in [5.74, 6) is 0.858. The number of nitrogens with zero attached hydrogens (tertiary/aromatic N) is 3. The minimum Gasteiger partial charge on any atom is -0.494 e. The van der Waals surface area contributed by atoms with E-state index in [4.69, 9.17) is 15.2 Å². The van der Waals surface area contributed by atoms with Crippen molar-refractivity contribution in [2.45, 2.75) is 46.8 Å². The summed E-state index contributed by atoms with van der Waals surface area (Å²) in [6, 6.07) is 14.6. The summed E-state index contributed by atoms with van der Waals surface area (Å²) in [7, 11) is 0. The van der Waals surface area contributed by atoms with Crippen LogP contribution < -0.4 is 15.4 Å². The topological polar surface area (TPSA) is 73.0 Å². The molecule has 0 atom stereocenters. The van der Waals surface area contributed by atoms with Crippen LogP contribution in [0.2, 0.25) is 0 Å². The third-order valence-corrected chi connectivity index (χ3v) is 6.14. The lowest BCUT2D eigenvalue weighted by molar-refractivity contribution is 0.0240. The zero-order valence-corrected chi connectivity index (χ0v) is 20.9. The van der Waals surface area contributed by atoms with Crippen LogP contribution in [0, 0.1) is 0 Å². The zero-order chi connectivity index (χ0) is 24.5. The van der Waals surface area contributed by atoms with E-state index < -0.39 is 5.60 Å². The van der Waals surface area contributed by atoms with Crippen LogP contribution in [-0.2, 0) is 11.3 Å². The number of rotatable bonds is 5. The maximum atomic E-state index is 12.4. The Kier molecular flexibility index (Phi) is 6.64. The number of aryl methyl sites for hydroxylation is 1. The van der Waals surface area contributed by atoms with E-state index in [0.29, 0.717) is 19.7 Å². The maximum Gasteiger partial charge on any atom is 0.410 e. The van der Waals surface area contributed by atoms with Crippen LogP contribution in [0.4, 0.5) is 16.2 Å². The lowest BCUT2D eigenvalue weighted by atomic mass is 10.1. The molecule has 3 aromatic rings. The molecule has 182 valence electrons. The number of amides is 1. The number of anilines is 2. The van der Waals surface area contributed by atoms with Crippen molar-refractivity contribution in [2.75, 3.05) is 43.4 Å². The van der Waals surface area contributed by atoms with Crippen LogP contribution in [0.25, 0.3) is 22.2 Å². The second-order valence-corrected chi connectivity index (χ2v) is 9.62. The maximum absolute atomic E-state index is 12.4. The van der Waals surface area contributed by atoms with Crippen LogP contribution in [0.3, 0.4) is 0 Å². The first kappa shape index (κ1) is 23.8. The molecule has 1 saturated heterocycles. The third kappa shape index (κ3) is 4.79. The second-order valence-electron chi connectivity index (χ2n) is 9.62. The van der Waals surface area contributed by atoms with E-state index in [2.05, 4.69) is 46.7 Å². The highest BCUT2D eigenvalue weighted by Gasteiger charge is 2.26. The fourth-order valence-corrected chi connectivity index (χ4v) is 4.55. The van der Waals surface area contributed by atoms with Gasteiger partial charge in [-0.25, -0.2) is 4.79 Å². The highest BCUT2D eigenvalue weighted by atomic mass is 16.6. The first-order valence-electron chi connectivity index (χ1n) is 12.1. The van der Waals surface area contributed by atoms with E-state index in [-0.39, 0.29) is 6.09 Å². The van der Waals surface area contributed by atoms with E-state index in [1.54, 1.807) is 4.90 Å². The average Bonchev–Trinajstić information content (AvgIpc) is 3.10. The van der Waals surface area contributed by atoms with Crippen molar-refractivity contribution in [2.24, 2.45) is 0 Å². The minimum atomic E-state index is -0.480. The fraction of sp³-hybridized carbons (Fsp3) is 0.444. The molecule has 0 bridgehead atoms. The van der Waals surface area contributed by atoms with Gasteiger partial charge in [-0.2, -0.15) is 0 Å². The fourth-order valence-electron chi connectivity index (χ4n) is 4.55. The van der Waals surface area contributed by atoms with Crippen molar-refractivity contribution in [3.05, 3.63) is 42.5 Å². The number of carbonyl (C=O) groups excluding carboxylic acids is 1. The van der Waals surface area contributed by atoms with E-state index in [1.165, 1.54) is 0 Å². The number of hydrogen-bond donors (Lipinski definition) is 1. The van der Waals surface area contributed by atoms with Gasteiger partial charge in [0, 0.05) is 49.4 Å². The van der Waals surface area contributed by atoms with Crippen LogP contribution >= 0.6 is 0 Å². The van der Waals surface area contributed by atoms with E-state index in [9.17, 15) is 4.79 Å². The van der Waals surface area contributed by atoms with Gasteiger partial charge in [-0.05, 0) is 77.1 Å². The number of nitrogen functional groups attached to an aromatic ring is 1. The van der Waals surface area contributed by atoms with Crippen molar-refractivity contribution in [3.63, 3.8) is 0 Å². The SMILES string of the molecule is CCOc1ccc(-c2c(N)c3ccc(N4CCN(C(=O)OC(C)(C)C)CC4)cc3n2CC)cc1. The van der Waals surface area contributed by atoms with Crippen molar-refractivity contribution in [1.82, 2.24) is 9.47 Å². The molecule has 1 amide bonds. The highest BCUT2D eigenvalue weighted by Crippen LogP contribution is 2.38. The number of carbonyl (C=O) groups is 1. The lowest BCUT2D eigenvalue weighted by Gasteiger charge is -2.36. The molecular formula is C27H36N4O3. The largest absolute Gasteiger partial charge is 0.494 e. The molecule has 2 heterocycles. The number of nitrogens with two attached hydrogens (primary N) is 1. The van der Waals surface area contributed by atoms with Gasteiger partial charge in [0.25, 0.3) is 0 Å². The third-order valence-electron chi connectivity index (χ3n) is 6.14. The Balaban J connectivity index is 1.58. The molecule has 2 N–H and O–H groups in total. The van der Waals surface area contributed by atoms with Gasteiger partial charge in [0.15, 0.2) is 0 Å². The molecule has 7 nitrogen and oxygen atoms in total.